The molecule has 2 aliphatic rings. The molecule has 168 valence electrons. The minimum atomic E-state index is -0.201. The molecule has 0 aliphatic carbocycles. The smallest absolute Gasteiger partial charge is 0.289 e. The third-order valence-corrected chi connectivity index (χ3v) is 6.59. The highest BCUT2D eigenvalue weighted by Gasteiger charge is 2.40. The maximum absolute atomic E-state index is 12.7. The number of likely N-dealkylation sites (tertiary alicyclic amines) is 1. The lowest BCUT2D eigenvalue weighted by Crippen LogP contribution is -2.41. The summed E-state index contributed by atoms with van der Waals surface area (Å²) < 4.78 is 11.4. The van der Waals surface area contributed by atoms with Gasteiger partial charge in [-0.25, -0.2) is 0 Å². The van der Waals surface area contributed by atoms with Crippen molar-refractivity contribution in [2.45, 2.75) is 31.9 Å². The number of methoxy groups -OCH3 is 1. The van der Waals surface area contributed by atoms with Crippen LogP contribution in [-0.2, 0) is 22.6 Å². The zero-order chi connectivity index (χ0) is 22.5. The number of rotatable bonds is 8. The molecule has 1 atom stereocenters. The number of carbonyl (C=O) groups is 3. The highest BCUT2D eigenvalue weighted by atomic mass is 32.2. The van der Waals surface area contributed by atoms with Crippen molar-refractivity contribution in [2.75, 3.05) is 26.0 Å². The van der Waals surface area contributed by atoms with Crippen LogP contribution < -0.4 is 9.47 Å². The molecule has 0 bridgehead atoms. The van der Waals surface area contributed by atoms with E-state index < -0.39 is 0 Å². The Morgan fingerprint density at radius 3 is 2.62 bits per heavy atom. The van der Waals surface area contributed by atoms with Gasteiger partial charge in [-0.2, -0.15) is 0 Å². The molecular formula is C24H26N2O5S. The molecule has 0 saturated carbocycles. The lowest BCUT2D eigenvalue weighted by Gasteiger charge is -2.22. The van der Waals surface area contributed by atoms with Crippen molar-refractivity contribution in [2.24, 2.45) is 0 Å². The SMILES string of the molecule is COc1ccc(CCC(=O)N2CCC(N3C(=O)CSC3=O)C2)cc1OCc1ccccc1. The molecule has 2 aromatic rings. The van der Waals surface area contributed by atoms with Crippen LogP contribution in [0.2, 0.25) is 0 Å². The van der Waals surface area contributed by atoms with Crippen LogP contribution in [0.3, 0.4) is 0 Å². The molecule has 7 nitrogen and oxygen atoms in total. The summed E-state index contributed by atoms with van der Waals surface area (Å²) in [5.74, 6) is 1.37. The normalized spacial score (nSPS) is 18.3. The highest BCUT2D eigenvalue weighted by Crippen LogP contribution is 2.30. The summed E-state index contributed by atoms with van der Waals surface area (Å²) in [6.45, 7) is 1.42. The predicted molar refractivity (Wildman–Crippen MR) is 122 cm³/mol. The Morgan fingerprint density at radius 1 is 1.09 bits per heavy atom. The number of carbonyl (C=O) groups excluding carboxylic acids is 3. The fourth-order valence-corrected chi connectivity index (χ4v) is 4.81. The summed E-state index contributed by atoms with van der Waals surface area (Å²) in [5.41, 5.74) is 2.05. The number of hydrogen-bond acceptors (Lipinski definition) is 6. The van der Waals surface area contributed by atoms with Crippen LogP contribution in [0.4, 0.5) is 4.79 Å². The van der Waals surface area contributed by atoms with Gasteiger partial charge in [0.2, 0.25) is 11.8 Å². The molecule has 2 heterocycles. The van der Waals surface area contributed by atoms with Crippen LogP contribution >= 0.6 is 11.8 Å². The van der Waals surface area contributed by atoms with Crippen molar-refractivity contribution in [3.8, 4) is 11.5 Å². The lowest BCUT2D eigenvalue weighted by molar-refractivity contribution is -0.131. The van der Waals surface area contributed by atoms with Crippen LogP contribution in [0.5, 0.6) is 11.5 Å². The first-order chi connectivity index (χ1) is 15.5. The van der Waals surface area contributed by atoms with E-state index in [0.29, 0.717) is 50.5 Å². The molecule has 0 spiro atoms. The number of ether oxygens (including phenoxy) is 2. The summed E-state index contributed by atoms with van der Waals surface area (Å²) in [5, 5.41) is -0.199. The van der Waals surface area contributed by atoms with Crippen molar-refractivity contribution < 1.29 is 23.9 Å². The van der Waals surface area contributed by atoms with E-state index in [9.17, 15) is 14.4 Å². The molecule has 8 heteroatoms. The number of benzene rings is 2. The summed E-state index contributed by atoms with van der Waals surface area (Å²) in [4.78, 5) is 39.7. The molecule has 2 saturated heterocycles. The van der Waals surface area contributed by atoms with Gasteiger partial charge in [-0.1, -0.05) is 48.2 Å². The predicted octanol–water partition coefficient (Wildman–Crippen LogP) is 3.50. The zero-order valence-electron chi connectivity index (χ0n) is 18.0. The fourth-order valence-electron chi connectivity index (χ4n) is 4.03. The van der Waals surface area contributed by atoms with Crippen LogP contribution in [-0.4, -0.2) is 58.8 Å². The van der Waals surface area contributed by atoms with E-state index >= 15 is 0 Å². The van der Waals surface area contributed by atoms with E-state index in [2.05, 4.69) is 0 Å². The molecular weight excluding hydrogens is 428 g/mol. The number of imide groups is 1. The first kappa shape index (κ1) is 22.2. The van der Waals surface area contributed by atoms with Gasteiger partial charge < -0.3 is 14.4 Å². The number of hydrogen-bond donors (Lipinski definition) is 0. The molecule has 32 heavy (non-hydrogen) atoms. The van der Waals surface area contributed by atoms with Crippen LogP contribution in [0.25, 0.3) is 0 Å². The maximum Gasteiger partial charge on any atom is 0.289 e. The Balaban J connectivity index is 1.32. The van der Waals surface area contributed by atoms with Crippen molar-refractivity contribution in [3.05, 3.63) is 59.7 Å². The second-order valence-electron chi connectivity index (χ2n) is 7.86. The Bertz CT molecular complexity index is 981. The molecule has 0 radical (unpaired) electrons. The highest BCUT2D eigenvalue weighted by molar-refractivity contribution is 8.14. The summed E-state index contributed by atoms with van der Waals surface area (Å²) in [7, 11) is 1.60. The molecule has 2 aliphatic heterocycles. The van der Waals surface area contributed by atoms with Crippen molar-refractivity contribution in [1.29, 1.82) is 0 Å². The van der Waals surface area contributed by atoms with Crippen LogP contribution in [0.15, 0.2) is 48.5 Å². The number of thioether (sulfide) groups is 1. The first-order valence-corrected chi connectivity index (χ1v) is 11.6. The number of amides is 3. The molecule has 3 amide bonds. The molecule has 1 unspecified atom stereocenters. The second-order valence-corrected chi connectivity index (χ2v) is 8.79. The lowest BCUT2D eigenvalue weighted by atomic mass is 10.1. The Kier molecular flexibility index (Phi) is 6.99. The average Bonchev–Trinajstić information content (AvgIpc) is 3.43. The van der Waals surface area contributed by atoms with Crippen molar-refractivity contribution >= 4 is 28.8 Å². The third-order valence-electron chi connectivity index (χ3n) is 5.76. The van der Waals surface area contributed by atoms with Crippen LogP contribution in [0, 0.1) is 0 Å². The van der Waals surface area contributed by atoms with E-state index in [0.717, 1.165) is 22.9 Å². The van der Waals surface area contributed by atoms with Gasteiger partial charge in [0.05, 0.1) is 18.9 Å². The largest absolute Gasteiger partial charge is 0.493 e. The Labute approximate surface area is 191 Å². The first-order valence-electron chi connectivity index (χ1n) is 10.7. The van der Waals surface area contributed by atoms with Gasteiger partial charge in [-0.05, 0) is 36.1 Å². The van der Waals surface area contributed by atoms with Gasteiger partial charge >= 0.3 is 0 Å². The van der Waals surface area contributed by atoms with E-state index in [-0.39, 0.29) is 28.8 Å². The van der Waals surface area contributed by atoms with Gasteiger partial charge in [0.1, 0.15) is 6.61 Å². The molecule has 4 rings (SSSR count). The minimum Gasteiger partial charge on any atom is -0.493 e. The Hall–Kier alpha value is -3.00. The van der Waals surface area contributed by atoms with E-state index in [4.69, 9.17) is 9.47 Å². The van der Waals surface area contributed by atoms with E-state index in [1.165, 1.54) is 4.90 Å². The number of aryl methyl sites for hydroxylation is 1. The van der Waals surface area contributed by atoms with Gasteiger partial charge in [0.25, 0.3) is 5.24 Å². The molecule has 2 aromatic carbocycles. The van der Waals surface area contributed by atoms with Gasteiger partial charge in [0, 0.05) is 19.5 Å². The van der Waals surface area contributed by atoms with E-state index in [1.807, 2.05) is 48.5 Å². The fraction of sp³-hybridized carbons (Fsp3) is 0.375. The monoisotopic (exact) mass is 454 g/mol. The number of nitrogens with zero attached hydrogens (tertiary/aromatic N) is 2. The van der Waals surface area contributed by atoms with Gasteiger partial charge in [0.15, 0.2) is 11.5 Å². The third kappa shape index (κ3) is 5.07. The van der Waals surface area contributed by atoms with Crippen molar-refractivity contribution in [1.82, 2.24) is 9.80 Å². The molecule has 2 fully saturated rings. The van der Waals surface area contributed by atoms with Gasteiger partial charge in [-0.3, -0.25) is 19.3 Å². The van der Waals surface area contributed by atoms with Crippen LogP contribution in [0.1, 0.15) is 24.0 Å². The quantitative estimate of drug-likeness (QED) is 0.608. The van der Waals surface area contributed by atoms with Gasteiger partial charge in [-0.15, -0.1) is 0 Å². The summed E-state index contributed by atoms with van der Waals surface area (Å²) >= 11 is 1.04. The summed E-state index contributed by atoms with van der Waals surface area (Å²) in [6.07, 6.45) is 1.57. The Morgan fingerprint density at radius 2 is 1.91 bits per heavy atom. The minimum absolute atomic E-state index is 0.0295. The maximum atomic E-state index is 12.7. The average molecular weight is 455 g/mol. The topological polar surface area (TPSA) is 76.2 Å². The molecule has 0 aromatic heterocycles. The standard InChI is InChI=1S/C24H26N2O5S/c1-30-20-9-7-17(13-21(20)31-15-18-5-3-2-4-6-18)8-10-22(27)25-12-11-19(14-25)26-23(28)16-32-24(26)29/h2-7,9,13,19H,8,10-12,14-16H2,1H3. The van der Waals surface area contributed by atoms with Crippen molar-refractivity contribution in [3.63, 3.8) is 0 Å². The van der Waals surface area contributed by atoms with E-state index in [1.54, 1.807) is 12.0 Å². The summed E-state index contributed by atoms with van der Waals surface area (Å²) in [6, 6.07) is 15.4. The molecule has 0 N–H and O–H groups in total. The zero-order valence-corrected chi connectivity index (χ0v) is 18.8. The second kappa shape index (κ2) is 10.1.